The van der Waals surface area contributed by atoms with E-state index in [-0.39, 0.29) is 0 Å². The van der Waals surface area contributed by atoms with Crippen molar-refractivity contribution in [2.75, 3.05) is 26.4 Å². The van der Waals surface area contributed by atoms with Crippen molar-refractivity contribution in [3.8, 4) is 0 Å². The Morgan fingerprint density at radius 2 is 0.824 bits per heavy atom. The Morgan fingerprint density at radius 1 is 0.559 bits per heavy atom. The average molecular weight is 566 g/mol. The minimum atomic E-state index is -6.84. The van der Waals surface area contributed by atoms with Crippen LogP contribution in [0.5, 0.6) is 0 Å². The van der Waals surface area contributed by atoms with Gasteiger partial charge in [-0.3, -0.25) is 9.47 Å². The molecule has 2 atom stereocenters. The molecule has 0 amide bonds. The number of hydrogen-bond acceptors (Lipinski definition) is 6. The second-order valence-corrected chi connectivity index (χ2v) is 10.5. The number of hydrogen-bond donors (Lipinski definition) is 0. The third-order valence-electron chi connectivity index (χ3n) is 3.54. The van der Waals surface area contributed by atoms with E-state index in [0.717, 1.165) is 13.1 Å². The van der Waals surface area contributed by atoms with Crippen LogP contribution in [0.25, 0.3) is 0 Å². The van der Waals surface area contributed by atoms with Crippen LogP contribution >= 0.6 is 0 Å². The predicted octanol–water partition coefficient (Wildman–Crippen LogP) is 4.80. The Balaban J connectivity index is 5.74. The molecule has 0 spiro atoms. The van der Waals surface area contributed by atoms with E-state index >= 15 is 0 Å². The van der Waals surface area contributed by atoms with E-state index in [1.54, 1.807) is 0 Å². The first-order valence-electron chi connectivity index (χ1n) is 8.81. The molecule has 0 fully saturated rings. The van der Waals surface area contributed by atoms with Crippen LogP contribution in [0, 0.1) is 0 Å². The standard InChI is InChI=1S/C14H18F12O6Si2/c1-33(27)5-3-29-7-9(15,11(17,18)19)31-13(23,24)14(25,26)32-10(16,12(20,21)22)8-30-4-6-34(2)28/h3-8H2,1-2H3. The van der Waals surface area contributed by atoms with Gasteiger partial charge in [0.1, 0.15) is 13.2 Å². The molecule has 0 saturated heterocycles. The summed E-state index contributed by atoms with van der Waals surface area (Å²) < 4.78 is 195. The summed E-state index contributed by atoms with van der Waals surface area (Å²) in [6, 6.07) is -0.922. The molecule has 0 saturated carbocycles. The Hall–Kier alpha value is -0.966. The van der Waals surface area contributed by atoms with Crippen molar-refractivity contribution in [1.29, 1.82) is 0 Å². The van der Waals surface area contributed by atoms with Crippen molar-refractivity contribution in [2.24, 2.45) is 0 Å². The molecule has 34 heavy (non-hydrogen) atoms. The molecule has 2 unspecified atom stereocenters. The van der Waals surface area contributed by atoms with Crippen molar-refractivity contribution >= 4 is 17.4 Å². The molecule has 20 heteroatoms. The van der Waals surface area contributed by atoms with Crippen molar-refractivity contribution in [3.63, 3.8) is 0 Å². The number of halogens is 12. The fourth-order valence-corrected chi connectivity index (χ4v) is 2.57. The maximum Gasteiger partial charge on any atom is 0.451 e. The van der Waals surface area contributed by atoms with Gasteiger partial charge in [0.05, 0.1) is 13.2 Å². The number of rotatable bonds is 15. The van der Waals surface area contributed by atoms with Gasteiger partial charge in [-0.1, -0.05) is 0 Å². The van der Waals surface area contributed by atoms with Gasteiger partial charge in [0.15, 0.2) is 0 Å². The van der Waals surface area contributed by atoms with E-state index in [9.17, 15) is 61.6 Å². The van der Waals surface area contributed by atoms with Gasteiger partial charge >= 0.3 is 36.3 Å². The molecule has 0 radical (unpaired) electrons. The highest BCUT2D eigenvalue weighted by atomic mass is 28.3. The summed E-state index contributed by atoms with van der Waals surface area (Å²) in [5.41, 5.74) is 0. The van der Waals surface area contributed by atoms with Crippen molar-refractivity contribution in [2.45, 2.75) is 61.5 Å². The summed E-state index contributed by atoms with van der Waals surface area (Å²) >= 11 is 0. The first-order chi connectivity index (χ1) is 15.0. The van der Waals surface area contributed by atoms with E-state index in [4.69, 9.17) is 0 Å². The van der Waals surface area contributed by atoms with Gasteiger partial charge in [-0.25, -0.2) is 0 Å². The van der Waals surface area contributed by atoms with Gasteiger partial charge in [-0.05, 0) is 13.1 Å². The Kier molecular flexibility index (Phi) is 11.5. The maximum absolute atomic E-state index is 14.1. The lowest BCUT2D eigenvalue weighted by molar-refractivity contribution is -0.526. The van der Waals surface area contributed by atoms with Crippen molar-refractivity contribution < 1.29 is 80.6 Å². The molecule has 0 N–H and O–H groups in total. The zero-order chi connectivity index (χ0) is 27.2. The lowest BCUT2D eigenvalue weighted by atomic mass is 10.3. The summed E-state index contributed by atoms with van der Waals surface area (Å²) in [7, 11) is -4.75. The van der Waals surface area contributed by atoms with E-state index in [0.29, 0.717) is 0 Å². The smallest absolute Gasteiger partial charge is 0.389 e. The normalized spacial score (nSPS) is 17.2. The summed E-state index contributed by atoms with van der Waals surface area (Å²) in [5, 5.41) is 0. The van der Waals surface area contributed by atoms with Crippen molar-refractivity contribution in [3.05, 3.63) is 0 Å². The molecule has 0 bridgehead atoms. The van der Waals surface area contributed by atoms with Gasteiger partial charge < -0.3 is 18.4 Å². The molecule has 0 aliphatic heterocycles. The number of ether oxygens (including phenoxy) is 4. The van der Waals surface area contributed by atoms with Crippen LogP contribution in [-0.2, 0) is 27.9 Å². The third-order valence-corrected chi connectivity index (χ3v) is 5.35. The molecule has 0 aromatic rings. The zero-order valence-corrected chi connectivity index (χ0v) is 19.2. The molecule has 0 rings (SSSR count). The Morgan fingerprint density at radius 3 is 1.03 bits per heavy atom. The average Bonchev–Trinajstić information content (AvgIpc) is 2.59. The van der Waals surface area contributed by atoms with Gasteiger partial charge in [0.25, 0.3) is 17.4 Å². The predicted molar refractivity (Wildman–Crippen MR) is 87.7 cm³/mol. The fourth-order valence-electron chi connectivity index (χ4n) is 1.70. The second kappa shape index (κ2) is 11.8. The van der Waals surface area contributed by atoms with Crippen LogP contribution in [0.2, 0.25) is 25.2 Å². The molecule has 0 aromatic heterocycles. The molecule has 202 valence electrons. The first-order valence-corrected chi connectivity index (χ1v) is 13.0. The van der Waals surface area contributed by atoms with E-state index in [1.807, 2.05) is 0 Å². The van der Waals surface area contributed by atoms with Crippen LogP contribution in [0.1, 0.15) is 0 Å². The van der Waals surface area contributed by atoms with Crippen LogP contribution in [0.15, 0.2) is 0 Å². The van der Waals surface area contributed by atoms with Crippen LogP contribution < -0.4 is 0 Å². The minimum absolute atomic E-state index is 0.461. The highest BCUT2D eigenvalue weighted by Crippen LogP contribution is 2.49. The molecule has 0 heterocycles. The summed E-state index contributed by atoms with van der Waals surface area (Å²) in [6.07, 6.45) is -26.7. The monoisotopic (exact) mass is 566 g/mol. The number of alkyl halides is 12. The largest absolute Gasteiger partial charge is 0.451 e. The van der Waals surface area contributed by atoms with Gasteiger partial charge in [0.2, 0.25) is 0 Å². The van der Waals surface area contributed by atoms with Gasteiger partial charge in [0, 0.05) is 12.1 Å². The summed E-state index contributed by atoms with van der Waals surface area (Å²) in [6.45, 7) is -4.67. The first kappa shape index (κ1) is 33.0. The zero-order valence-electron chi connectivity index (χ0n) is 17.2. The molecule has 6 nitrogen and oxygen atoms in total. The SMILES string of the molecule is C[Si](=O)CCOCC(F)(OC(F)(F)C(F)(F)OC(F)(COCC[Si](C)=O)C(F)(F)F)C(F)(F)F. The highest BCUT2D eigenvalue weighted by Gasteiger charge is 2.74. The molecule has 0 aromatic carbocycles. The second-order valence-electron chi connectivity index (χ2n) is 6.70. The fraction of sp³-hybridized carbons (Fsp3) is 1.00. The van der Waals surface area contributed by atoms with E-state index < -0.39 is 92.2 Å². The van der Waals surface area contributed by atoms with Crippen LogP contribution in [-0.4, -0.2) is 80.1 Å². The lowest BCUT2D eigenvalue weighted by Gasteiger charge is -2.37. The van der Waals surface area contributed by atoms with Gasteiger partial charge in [-0.15, -0.1) is 0 Å². The lowest BCUT2D eigenvalue weighted by Crippen LogP contribution is -2.61. The van der Waals surface area contributed by atoms with E-state index in [2.05, 4.69) is 18.9 Å². The Labute approximate surface area is 186 Å². The molecular formula is C14H18F12O6Si2. The topological polar surface area (TPSA) is 71.1 Å². The van der Waals surface area contributed by atoms with Crippen molar-refractivity contribution in [1.82, 2.24) is 0 Å². The molecule has 0 aliphatic rings. The van der Waals surface area contributed by atoms with E-state index in [1.165, 1.54) is 0 Å². The maximum atomic E-state index is 14.1. The summed E-state index contributed by atoms with van der Waals surface area (Å²) in [5.74, 6) is -11.5. The third kappa shape index (κ3) is 9.59. The minimum Gasteiger partial charge on any atom is -0.389 e. The quantitative estimate of drug-likeness (QED) is 0.161. The molecule has 0 aliphatic carbocycles. The highest BCUT2D eigenvalue weighted by molar-refractivity contribution is 6.41. The molecular weight excluding hydrogens is 548 g/mol. The van der Waals surface area contributed by atoms with Crippen LogP contribution in [0.3, 0.4) is 0 Å². The van der Waals surface area contributed by atoms with Crippen LogP contribution in [0.4, 0.5) is 52.7 Å². The Bertz CT molecular complexity index is 646. The summed E-state index contributed by atoms with van der Waals surface area (Å²) in [4.78, 5) is 0. The van der Waals surface area contributed by atoms with Gasteiger partial charge in [-0.2, -0.15) is 52.7 Å².